The Kier molecular flexibility index (Phi) is 5.08. The molecule has 1 aromatic carbocycles. The van der Waals surface area contributed by atoms with E-state index in [1.165, 1.54) is 18.4 Å². The molecule has 1 fully saturated rings. The summed E-state index contributed by atoms with van der Waals surface area (Å²) in [5, 5.41) is 0. The normalized spacial score (nSPS) is 21.4. The molecule has 0 radical (unpaired) electrons. The van der Waals surface area contributed by atoms with Gasteiger partial charge in [0.05, 0.1) is 11.2 Å². The minimum absolute atomic E-state index is 0.261. The minimum atomic E-state index is -0.279. The Labute approximate surface area is 136 Å². The zero-order chi connectivity index (χ0) is 16.5. The van der Waals surface area contributed by atoms with E-state index < -0.39 is 0 Å². The summed E-state index contributed by atoms with van der Waals surface area (Å²) in [4.78, 5) is 0. The lowest BCUT2D eigenvalue weighted by molar-refractivity contribution is 0.00578. The van der Waals surface area contributed by atoms with Gasteiger partial charge in [-0.3, -0.25) is 0 Å². The maximum Gasteiger partial charge on any atom is 0.494 e. The average molecular weight is 302 g/mol. The molecular formula is C19H31BO2. The Morgan fingerprint density at radius 2 is 1.45 bits per heavy atom. The number of benzene rings is 1. The standard InChI is InChI=1S/C19H31BO2/c1-8-9-17(14(2)3)15-10-12-16(13-11-15)20-21-18(4,5)19(6,7)22-20/h10-14,17H,8-9H2,1-7H3. The van der Waals surface area contributed by atoms with Gasteiger partial charge in [0.15, 0.2) is 0 Å². The van der Waals surface area contributed by atoms with Crippen molar-refractivity contribution in [2.24, 2.45) is 5.92 Å². The molecule has 1 aliphatic rings. The molecule has 2 rings (SSSR count). The van der Waals surface area contributed by atoms with Gasteiger partial charge in [0.1, 0.15) is 0 Å². The third kappa shape index (κ3) is 3.41. The average Bonchev–Trinajstić information content (AvgIpc) is 2.65. The first-order valence-corrected chi connectivity index (χ1v) is 8.63. The molecule has 122 valence electrons. The van der Waals surface area contributed by atoms with Crippen molar-refractivity contribution < 1.29 is 9.31 Å². The Morgan fingerprint density at radius 1 is 0.955 bits per heavy atom. The van der Waals surface area contributed by atoms with Gasteiger partial charge in [-0.1, -0.05) is 51.5 Å². The highest BCUT2D eigenvalue weighted by Crippen LogP contribution is 2.36. The van der Waals surface area contributed by atoms with Crippen LogP contribution in [-0.4, -0.2) is 18.3 Å². The summed E-state index contributed by atoms with van der Waals surface area (Å²) in [7, 11) is -0.261. The number of hydrogen-bond donors (Lipinski definition) is 0. The van der Waals surface area contributed by atoms with Gasteiger partial charge in [0.2, 0.25) is 0 Å². The van der Waals surface area contributed by atoms with Crippen molar-refractivity contribution in [3.63, 3.8) is 0 Å². The van der Waals surface area contributed by atoms with E-state index in [1.807, 2.05) is 0 Å². The molecule has 0 saturated carbocycles. The fourth-order valence-corrected chi connectivity index (χ4v) is 3.08. The maximum atomic E-state index is 6.12. The molecule has 1 heterocycles. The molecule has 0 amide bonds. The van der Waals surface area contributed by atoms with E-state index in [1.54, 1.807) is 0 Å². The van der Waals surface area contributed by atoms with Crippen molar-refractivity contribution in [1.29, 1.82) is 0 Å². The largest absolute Gasteiger partial charge is 0.494 e. The van der Waals surface area contributed by atoms with Gasteiger partial charge in [-0.15, -0.1) is 0 Å². The number of hydrogen-bond acceptors (Lipinski definition) is 2. The van der Waals surface area contributed by atoms with Crippen molar-refractivity contribution >= 4 is 12.6 Å². The van der Waals surface area contributed by atoms with Crippen molar-refractivity contribution in [1.82, 2.24) is 0 Å². The van der Waals surface area contributed by atoms with Crippen LogP contribution in [0.5, 0.6) is 0 Å². The van der Waals surface area contributed by atoms with E-state index in [2.05, 4.69) is 72.7 Å². The SMILES string of the molecule is CCCC(c1ccc(B2OC(C)(C)C(C)(C)O2)cc1)C(C)C. The van der Waals surface area contributed by atoms with Crippen molar-refractivity contribution in [3.05, 3.63) is 29.8 Å². The van der Waals surface area contributed by atoms with Gasteiger partial charge in [-0.05, 0) is 57.0 Å². The van der Waals surface area contributed by atoms with Gasteiger partial charge >= 0.3 is 7.12 Å². The summed E-state index contributed by atoms with van der Waals surface area (Å²) in [5.74, 6) is 1.31. The highest BCUT2D eigenvalue weighted by Gasteiger charge is 2.51. The van der Waals surface area contributed by atoms with Crippen LogP contribution in [0.1, 0.15) is 72.8 Å². The molecule has 2 nitrogen and oxygen atoms in total. The molecule has 0 bridgehead atoms. The summed E-state index contributed by atoms with van der Waals surface area (Å²) in [6.07, 6.45) is 2.47. The van der Waals surface area contributed by atoms with Gasteiger partial charge in [0, 0.05) is 0 Å². The Balaban J connectivity index is 2.16. The van der Waals surface area contributed by atoms with Crippen molar-refractivity contribution in [2.45, 2.75) is 78.4 Å². The zero-order valence-corrected chi connectivity index (χ0v) is 15.3. The predicted molar refractivity (Wildman–Crippen MR) is 94.6 cm³/mol. The lowest BCUT2D eigenvalue weighted by Gasteiger charge is -2.32. The first-order chi connectivity index (χ1) is 10.2. The minimum Gasteiger partial charge on any atom is -0.399 e. The van der Waals surface area contributed by atoms with Gasteiger partial charge in [0.25, 0.3) is 0 Å². The summed E-state index contributed by atoms with van der Waals surface area (Å²) in [6, 6.07) is 8.84. The monoisotopic (exact) mass is 302 g/mol. The van der Waals surface area contributed by atoms with Crippen LogP contribution >= 0.6 is 0 Å². The first-order valence-electron chi connectivity index (χ1n) is 8.63. The zero-order valence-electron chi connectivity index (χ0n) is 15.3. The van der Waals surface area contributed by atoms with E-state index in [9.17, 15) is 0 Å². The molecule has 0 N–H and O–H groups in total. The molecule has 0 aliphatic carbocycles. The van der Waals surface area contributed by atoms with Gasteiger partial charge < -0.3 is 9.31 Å². The van der Waals surface area contributed by atoms with Gasteiger partial charge in [-0.2, -0.15) is 0 Å². The smallest absolute Gasteiger partial charge is 0.399 e. The van der Waals surface area contributed by atoms with Crippen LogP contribution in [0.3, 0.4) is 0 Å². The van der Waals surface area contributed by atoms with E-state index in [0.717, 1.165) is 5.46 Å². The second kappa shape index (κ2) is 6.37. The summed E-state index contributed by atoms with van der Waals surface area (Å²) in [6.45, 7) is 15.3. The quantitative estimate of drug-likeness (QED) is 0.744. The first kappa shape index (κ1) is 17.6. The molecule has 1 aliphatic heterocycles. The fourth-order valence-electron chi connectivity index (χ4n) is 3.08. The highest BCUT2D eigenvalue weighted by atomic mass is 16.7. The number of rotatable bonds is 5. The topological polar surface area (TPSA) is 18.5 Å². The van der Waals surface area contributed by atoms with Crippen LogP contribution in [0.4, 0.5) is 0 Å². The van der Waals surface area contributed by atoms with E-state index in [0.29, 0.717) is 11.8 Å². The summed E-state index contributed by atoms with van der Waals surface area (Å²) < 4.78 is 12.2. The molecule has 22 heavy (non-hydrogen) atoms. The lowest BCUT2D eigenvalue weighted by atomic mass is 9.77. The third-order valence-corrected chi connectivity index (χ3v) is 5.29. The second-order valence-corrected chi connectivity index (χ2v) is 7.89. The summed E-state index contributed by atoms with van der Waals surface area (Å²) >= 11 is 0. The van der Waals surface area contributed by atoms with Crippen LogP contribution < -0.4 is 5.46 Å². The van der Waals surface area contributed by atoms with Crippen molar-refractivity contribution in [2.75, 3.05) is 0 Å². The van der Waals surface area contributed by atoms with Crippen molar-refractivity contribution in [3.8, 4) is 0 Å². The highest BCUT2D eigenvalue weighted by molar-refractivity contribution is 6.62. The van der Waals surface area contributed by atoms with Crippen LogP contribution in [0, 0.1) is 5.92 Å². The Morgan fingerprint density at radius 3 is 1.86 bits per heavy atom. The fraction of sp³-hybridized carbons (Fsp3) is 0.684. The Hall–Kier alpha value is -0.795. The van der Waals surface area contributed by atoms with Crippen LogP contribution in [-0.2, 0) is 9.31 Å². The molecule has 1 aromatic rings. The molecule has 0 aromatic heterocycles. The lowest BCUT2D eigenvalue weighted by Crippen LogP contribution is -2.41. The van der Waals surface area contributed by atoms with Crippen LogP contribution in [0.2, 0.25) is 0 Å². The maximum absolute atomic E-state index is 6.12. The van der Waals surface area contributed by atoms with Gasteiger partial charge in [-0.25, -0.2) is 0 Å². The molecule has 3 heteroatoms. The third-order valence-electron chi connectivity index (χ3n) is 5.29. The van der Waals surface area contributed by atoms with Crippen LogP contribution in [0.25, 0.3) is 0 Å². The second-order valence-electron chi connectivity index (χ2n) is 7.89. The van der Waals surface area contributed by atoms with E-state index >= 15 is 0 Å². The summed E-state index contributed by atoms with van der Waals surface area (Å²) in [5.41, 5.74) is 1.98. The molecule has 0 spiro atoms. The van der Waals surface area contributed by atoms with E-state index in [4.69, 9.17) is 9.31 Å². The van der Waals surface area contributed by atoms with E-state index in [-0.39, 0.29) is 18.3 Å². The molecule has 1 atom stereocenters. The predicted octanol–water partition coefficient (Wildman–Crippen LogP) is 4.53. The molecular weight excluding hydrogens is 271 g/mol. The Bertz CT molecular complexity index is 475. The molecule has 1 unspecified atom stereocenters. The molecule has 1 saturated heterocycles. The van der Waals surface area contributed by atoms with Crippen LogP contribution in [0.15, 0.2) is 24.3 Å².